The summed E-state index contributed by atoms with van der Waals surface area (Å²) in [6, 6.07) is 0. The number of rotatable bonds is 65. The number of hydrogen-bond donors (Lipinski definition) is 0. The number of ether oxygens (including phenoxy) is 2. The Balaban J connectivity index is 3.91. The maximum atomic E-state index is 12.8. The smallest absolute Gasteiger partial charge is 0.306 e. The zero-order chi connectivity index (χ0) is 57.0. The first kappa shape index (κ1) is 76.8. The lowest BCUT2D eigenvalue weighted by Gasteiger charge is -2.28. The Labute approximate surface area is 486 Å². The highest BCUT2D eigenvalue weighted by atomic mass is 31.2. The molecule has 9 nitrogen and oxygen atoms in total. The van der Waals surface area contributed by atoms with E-state index in [-0.39, 0.29) is 32.0 Å². The van der Waals surface area contributed by atoms with Gasteiger partial charge in [-0.15, -0.1) is 0 Å². The summed E-state index contributed by atoms with van der Waals surface area (Å²) in [5.74, 6) is -0.814. The maximum Gasteiger partial charge on any atom is 0.306 e. The molecule has 0 aromatic heterocycles. The highest BCUT2D eigenvalue weighted by Crippen LogP contribution is 2.38. The first-order valence-corrected chi connectivity index (χ1v) is 35.9. The van der Waals surface area contributed by atoms with Gasteiger partial charge in [0.25, 0.3) is 7.82 Å². The zero-order valence-electron chi connectivity index (χ0n) is 52.9. The van der Waals surface area contributed by atoms with Crippen LogP contribution in [0.3, 0.4) is 0 Å². The largest absolute Gasteiger partial charge is 0.756 e. The van der Waals surface area contributed by atoms with Gasteiger partial charge in [0.15, 0.2) is 6.10 Å². The predicted molar refractivity (Wildman–Crippen MR) is 333 cm³/mol. The molecule has 0 aliphatic heterocycles. The third kappa shape index (κ3) is 63.9. The van der Waals surface area contributed by atoms with Crippen molar-refractivity contribution in [3.8, 4) is 0 Å². The molecular formula is C68H134NO8P. The van der Waals surface area contributed by atoms with Gasteiger partial charge in [0.2, 0.25) is 0 Å². The molecule has 78 heavy (non-hydrogen) atoms. The molecular weight excluding hydrogens is 990 g/mol. The van der Waals surface area contributed by atoms with E-state index in [9.17, 15) is 19.0 Å². The molecule has 0 spiro atoms. The molecule has 0 aliphatic carbocycles. The van der Waals surface area contributed by atoms with Crippen molar-refractivity contribution in [3.63, 3.8) is 0 Å². The standard InChI is InChI=1S/C68H134NO8P/c1-6-8-10-12-14-16-18-20-22-24-26-27-28-29-30-31-32-33-34-35-36-37-38-39-40-41-43-44-46-48-50-52-54-56-58-60-67(70)74-64-66(65-76-78(72,73)75-63-62-69(3,4)5)77-68(71)61-59-57-55-53-51-49-47-45-42-25-23-21-19-17-15-13-11-9-7-2/h21,23,66H,6-20,22,24-65H2,1-5H3/b23-21-. The molecule has 0 aromatic carbocycles. The van der Waals surface area contributed by atoms with E-state index >= 15 is 0 Å². The van der Waals surface area contributed by atoms with Crippen LogP contribution >= 0.6 is 7.82 Å². The molecule has 2 atom stereocenters. The van der Waals surface area contributed by atoms with Crippen LogP contribution in [0.4, 0.5) is 0 Å². The number of phosphoric acid groups is 1. The second-order valence-electron chi connectivity index (χ2n) is 24.9. The number of quaternary nitrogens is 1. The average molecular weight is 1120 g/mol. The van der Waals surface area contributed by atoms with E-state index in [1.165, 1.54) is 289 Å². The molecule has 0 aromatic rings. The third-order valence-electron chi connectivity index (χ3n) is 15.8. The first-order valence-electron chi connectivity index (χ1n) is 34.4. The normalized spacial score (nSPS) is 13.2. The topological polar surface area (TPSA) is 111 Å². The molecule has 0 radical (unpaired) electrons. The fraction of sp³-hybridized carbons (Fsp3) is 0.941. The van der Waals surface area contributed by atoms with Gasteiger partial charge >= 0.3 is 11.9 Å². The van der Waals surface area contributed by atoms with Gasteiger partial charge in [-0.2, -0.15) is 0 Å². The molecule has 0 saturated heterocycles. The number of phosphoric ester groups is 1. The van der Waals surface area contributed by atoms with E-state index in [2.05, 4.69) is 26.0 Å². The summed E-state index contributed by atoms with van der Waals surface area (Å²) in [4.78, 5) is 38.0. The average Bonchev–Trinajstić information content (AvgIpc) is 3.41. The lowest BCUT2D eigenvalue weighted by Crippen LogP contribution is -2.37. The number of nitrogens with zero attached hydrogens (tertiary/aromatic N) is 1. The summed E-state index contributed by atoms with van der Waals surface area (Å²) in [6.45, 7) is 4.31. The monoisotopic (exact) mass is 1120 g/mol. The van der Waals surface area contributed by atoms with Crippen molar-refractivity contribution in [1.29, 1.82) is 0 Å². The predicted octanol–water partition coefficient (Wildman–Crippen LogP) is 21.3. The van der Waals surface area contributed by atoms with Gasteiger partial charge in [0.1, 0.15) is 19.8 Å². The minimum absolute atomic E-state index is 0.0273. The van der Waals surface area contributed by atoms with Crippen molar-refractivity contribution in [2.75, 3.05) is 47.5 Å². The Kier molecular flexibility index (Phi) is 59.4. The van der Waals surface area contributed by atoms with Gasteiger partial charge in [-0.25, -0.2) is 0 Å². The third-order valence-corrected chi connectivity index (χ3v) is 16.7. The van der Waals surface area contributed by atoms with E-state index < -0.39 is 26.5 Å². The zero-order valence-corrected chi connectivity index (χ0v) is 53.8. The number of carbonyl (C=O) groups is 2. The van der Waals surface area contributed by atoms with Crippen LogP contribution in [0, 0.1) is 0 Å². The Morgan fingerprint density at radius 2 is 0.654 bits per heavy atom. The van der Waals surface area contributed by atoms with Crippen molar-refractivity contribution in [1.82, 2.24) is 0 Å². The number of unbranched alkanes of at least 4 members (excludes halogenated alkanes) is 49. The van der Waals surface area contributed by atoms with E-state index in [0.717, 1.165) is 38.5 Å². The summed E-state index contributed by atoms with van der Waals surface area (Å²) in [6.07, 6.45) is 73.1. The molecule has 464 valence electrons. The lowest BCUT2D eigenvalue weighted by atomic mass is 10.0. The van der Waals surface area contributed by atoms with Crippen LogP contribution in [-0.2, 0) is 32.7 Å². The van der Waals surface area contributed by atoms with Crippen molar-refractivity contribution >= 4 is 19.8 Å². The van der Waals surface area contributed by atoms with Gasteiger partial charge in [-0.05, 0) is 38.5 Å². The lowest BCUT2D eigenvalue weighted by molar-refractivity contribution is -0.870. The molecule has 0 bridgehead atoms. The van der Waals surface area contributed by atoms with Crippen molar-refractivity contribution < 1.29 is 42.1 Å². The molecule has 0 fully saturated rings. The summed E-state index contributed by atoms with van der Waals surface area (Å²) in [5.41, 5.74) is 0. The Bertz CT molecular complexity index is 1320. The molecule has 0 heterocycles. The summed E-state index contributed by atoms with van der Waals surface area (Å²) in [5, 5.41) is 0. The van der Waals surface area contributed by atoms with Crippen LogP contribution in [-0.4, -0.2) is 70.0 Å². The Hall–Kier alpha value is -1.25. The van der Waals surface area contributed by atoms with Crippen molar-refractivity contribution in [2.45, 2.75) is 367 Å². The molecule has 0 amide bonds. The van der Waals surface area contributed by atoms with E-state index in [1.54, 1.807) is 0 Å². The van der Waals surface area contributed by atoms with Crippen LogP contribution in [0.5, 0.6) is 0 Å². The van der Waals surface area contributed by atoms with Crippen LogP contribution in [0.15, 0.2) is 12.2 Å². The van der Waals surface area contributed by atoms with Gasteiger partial charge in [-0.3, -0.25) is 14.2 Å². The van der Waals surface area contributed by atoms with E-state index in [4.69, 9.17) is 18.5 Å². The summed E-state index contributed by atoms with van der Waals surface area (Å²) < 4.78 is 34.3. The number of likely N-dealkylation sites (N-methyl/N-ethyl adjacent to an activating group) is 1. The van der Waals surface area contributed by atoms with Gasteiger partial charge < -0.3 is 27.9 Å². The molecule has 10 heteroatoms. The van der Waals surface area contributed by atoms with Crippen LogP contribution in [0.2, 0.25) is 0 Å². The van der Waals surface area contributed by atoms with E-state index in [0.29, 0.717) is 17.4 Å². The SMILES string of the molecule is CCCCCCCC/C=C\CCCCCCCCCCCC(=O)OC(COC(=O)CCCCCCCCCCCCCCCCCCCCCCCCCCCCCCCCCCCCC)COP(=O)([O-])OCC[N+](C)(C)C. The van der Waals surface area contributed by atoms with Gasteiger partial charge in [0, 0.05) is 12.8 Å². The van der Waals surface area contributed by atoms with Crippen LogP contribution in [0.25, 0.3) is 0 Å². The molecule has 2 unspecified atom stereocenters. The van der Waals surface area contributed by atoms with Crippen molar-refractivity contribution in [3.05, 3.63) is 12.2 Å². The quantitative estimate of drug-likeness (QED) is 0.0195. The van der Waals surface area contributed by atoms with Crippen LogP contribution < -0.4 is 4.89 Å². The fourth-order valence-electron chi connectivity index (χ4n) is 10.5. The Morgan fingerprint density at radius 3 is 0.949 bits per heavy atom. The molecule has 0 rings (SSSR count). The fourth-order valence-corrected chi connectivity index (χ4v) is 11.2. The van der Waals surface area contributed by atoms with Crippen molar-refractivity contribution in [2.24, 2.45) is 0 Å². The van der Waals surface area contributed by atoms with Gasteiger partial charge in [-0.1, -0.05) is 321 Å². The highest BCUT2D eigenvalue weighted by Gasteiger charge is 2.22. The minimum Gasteiger partial charge on any atom is -0.756 e. The van der Waals surface area contributed by atoms with Gasteiger partial charge in [0.05, 0.1) is 27.7 Å². The number of esters is 2. The Morgan fingerprint density at radius 1 is 0.385 bits per heavy atom. The van der Waals surface area contributed by atoms with E-state index in [1.807, 2.05) is 21.1 Å². The molecule has 0 saturated carbocycles. The maximum absolute atomic E-state index is 12.8. The number of carbonyl (C=O) groups excluding carboxylic acids is 2. The summed E-state index contributed by atoms with van der Waals surface area (Å²) in [7, 11) is 1.19. The first-order chi connectivity index (χ1) is 38.0. The minimum atomic E-state index is -4.63. The van der Waals surface area contributed by atoms with Crippen LogP contribution in [0.1, 0.15) is 361 Å². The second kappa shape index (κ2) is 60.3. The number of hydrogen-bond acceptors (Lipinski definition) is 8. The second-order valence-corrected chi connectivity index (χ2v) is 26.3. The highest BCUT2D eigenvalue weighted by molar-refractivity contribution is 7.45. The molecule has 0 aliphatic rings. The molecule has 0 N–H and O–H groups in total. The number of allylic oxidation sites excluding steroid dienone is 2. The summed E-state index contributed by atoms with van der Waals surface area (Å²) >= 11 is 0.